The molecule has 2 N–H and O–H groups in total. The first-order chi connectivity index (χ1) is 10.0. The van der Waals surface area contributed by atoms with Crippen LogP contribution in [0.2, 0.25) is 0 Å². The standard InChI is InChI=1S/C15H31N3O2S/c1-3-15(8-6-9-15)13-17-21(19,20)18-10-5-7-14(12-18)11-16-4-2/h14,16-17H,3-13H2,1-2H3. The van der Waals surface area contributed by atoms with Gasteiger partial charge in [-0.2, -0.15) is 12.7 Å². The van der Waals surface area contributed by atoms with E-state index in [9.17, 15) is 8.42 Å². The molecule has 1 heterocycles. The molecule has 5 nitrogen and oxygen atoms in total. The zero-order valence-electron chi connectivity index (χ0n) is 13.5. The highest BCUT2D eigenvalue weighted by Gasteiger charge is 2.37. The molecule has 1 saturated carbocycles. The molecule has 2 aliphatic rings. The van der Waals surface area contributed by atoms with Crippen LogP contribution in [0.5, 0.6) is 0 Å². The molecular formula is C15H31N3O2S. The van der Waals surface area contributed by atoms with Gasteiger partial charge >= 0.3 is 0 Å². The van der Waals surface area contributed by atoms with Crippen LogP contribution in [0, 0.1) is 11.3 Å². The maximum absolute atomic E-state index is 12.5. The fourth-order valence-electron chi connectivity index (χ4n) is 3.43. The van der Waals surface area contributed by atoms with Gasteiger partial charge in [-0.3, -0.25) is 0 Å². The zero-order valence-corrected chi connectivity index (χ0v) is 14.3. The third-order valence-electron chi connectivity index (χ3n) is 5.30. The van der Waals surface area contributed by atoms with Gasteiger partial charge in [-0.15, -0.1) is 0 Å². The van der Waals surface area contributed by atoms with Crippen molar-refractivity contribution in [3.8, 4) is 0 Å². The Hall–Kier alpha value is -0.170. The lowest BCUT2D eigenvalue weighted by Crippen LogP contribution is -2.50. The Bertz CT molecular complexity index is 415. The van der Waals surface area contributed by atoms with E-state index in [2.05, 4.69) is 23.9 Å². The number of hydrogen-bond donors (Lipinski definition) is 2. The molecular weight excluding hydrogens is 286 g/mol. The molecule has 0 aromatic rings. The Kier molecular flexibility index (Phi) is 6.05. The molecule has 1 saturated heterocycles. The maximum atomic E-state index is 12.5. The lowest BCUT2D eigenvalue weighted by Gasteiger charge is -2.42. The second-order valence-corrected chi connectivity index (χ2v) is 8.46. The van der Waals surface area contributed by atoms with Crippen LogP contribution in [0.3, 0.4) is 0 Å². The fraction of sp³-hybridized carbons (Fsp3) is 1.00. The normalized spacial score (nSPS) is 26.5. The molecule has 2 fully saturated rings. The van der Waals surface area contributed by atoms with Crippen LogP contribution in [-0.2, 0) is 10.2 Å². The topological polar surface area (TPSA) is 61.4 Å². The molecule has 124 valence electrons. The smallest absolute Gasteiger partial charge is 0.279 e. The van der Waals surface area contributed by atoms with E-state index < -0.39 is 10.2 Å². The van der Waals surface area contributed by atoms with E-state index in [0.717, 1.165) is 45.2 Å². The third kappa shape index (κ3) is 4.41. The first-order valence-electron chi connectivity index (χ1n) is 8.47. The first kappa shape index (κ1) is 17.2. The highest BCUT2D eigenvalue weighted by molar-refractivity contribution is 7.87. The summed E-state index contributed by atoms with van der Waals surface area (Å²) in [7, 11) is -3.31. The molecule has 21 heavy (non-hydrogen) atoms. The third-order valence-corrected chi connectivity index (χ3v) is 6.82. The van der Waals surface area contributed by atoms with Crippen molar-refractivity contribution in [1.29, 1.82) is 0 Å². The zero-order chi connectivity index (χ0) is 15.3. The lowest BCUT2D eigenvalue weighted by molar-refractivity contribution is 0.131. The second kappa shape index (κ2) is 7.40. The van der Waals surface area contributed by atoms with Gasteiger partial charge < -0.3 is 5.32 Å². The molecule has 0 spiro atoms. The van der Waals surface area contributed by atoms with Gasteiger partial charge in [0, 0.05) is 19.6 Å². The van der Waals surface area contributed by atoms with Crippen molar-refractivity contribution in [3.05, 3.63) is 0 Å². The molecule has 0 bridgehead atoms. The highest BCUT2D eigenvalue weighted by Crippen LogP contribution is 2.43. The van der Waals surface area contributed by atoms with Gasteiger partial charge in [-0.1, -0.05) is 20.3 Å². The Morgan fingerprint density at radius 1 is 1.24 bits per heavy atom. The first-order valence-corrected chi connectivity index (χ1v) is 9.91. The van der Waals surface area contributed by atoms with Crippen molar-refractivity contribution in [1.82, 2.24) is 14.3 Å². The number of rotatable bonds is 8. The van der Waals surface area contributed by atoms with E-state index in [4.69, 9.17) is 0 Å². The van der Waals surface area contributed by atoms with Crippen LogP contribution in [0.1, 0.15) is 52.4 Å². The van der Waals surface area contributed by atoms with E-state index in [1.54, 1.807) is 4.31 Å². The van der Waals surface area contributed by atoms with Gasteiger partial charge in [-0.25, -0.2) is 4.72 Å². The largest absolute Gasteiger partial charge is 0.317 e. The second-order valence-electron chi connectivity index (χ2n) is 6.71. The summed E-state index contributed by atoms with van der Waals surface area (Å²) in [6.07, 6.45) is 6.72. The number of hydrogen-bond acceptors (Lipinski definition) is 3. The van der Waals surface area contributed by atoms with Gasteiger partial charge in [0.1, 0.15) is 0 Å². The quantitative estimate of drug-likeness (QED) is 0.716. The maximum Gasteiger partial charge on any atom is 0.279 e. The van der Waals surface area contributed by atoms with Gasteiger partial charge in [0.15, 0.2) is 0 Å². The Balaban J connectivity index is 1.86. The number of nitrogens with zero attached hydrogens (tertiary/aromatic N) is 1. The Morgan fingerprint density at radius 3 is 2.57 bits per heavy atom. The van der Waals surface area contributed by atoms with Crippen molar-refractivity contribution in [2.24, 2.45) is 11.3 Å². The molecule has 0 radical (unpaired) electrons. The molecule has 0 aromatic heterocycles. The SMILES string of the molecule is CCNCC1CCCN(S(=O)(=O)NCC2(CC)CCC2)C1. The van der Waals surface area contributed by atoms with Crippen LogP contribution in [-0.4, -0.2) is 45.4 Å². The predicted molar refractivity (Wildman–Crippen MR) is 86.3 cm³/mol. The van der Waals surface area contributed by atoms with E-state index in [-0.39, 0.29) is 5.41 Å². The minimum absolute atomic E-state index is 0.228. The summed E-state index contributed by atoms with van der Waals surface area (Å²) in [5.74, 6) is 0.444. The van der Waals surface area contributed by atoms with Crippen LogP contribution in [0.4, 0.5) is 0 Å². The summed E-state index contributed by atoms with van der Waals surface area (Å²) >= 11 is 0. The minimum atomic E-state index is -3.31. The Morgan fingerprint density at radius 2 is 2.00 bits per heavy atom. The summed E-state index contributed by atoms with van der Waals surface area (Å²) in [6.45, 7) is 8.04. The highest BCUT2D eigenvalue weighted by atomic mass is 32.2. The monoisotopic (exact) mass is 317 g/mol. The average molecular weight is 317 g/mol. The number of piperidine rings is 1. The molecule has 1 aliphatic heterocycles. The predicted octanol–water partition coefficient (Wildman–Crippen LogP) is 1.72. The molecule has 6 heteroatoms. The minimum Gasteiger partial charge on any atom is -0.317 e. The van der Waals surface area contributed by atoms with Crippen molar-refractivity contribution < 1.29 is 8.42 Å². The van der Waals surface area contributed by atoms with Crippen LogP contribution >= 0.6 is 0 Å². The fourth-order valence-corrected chi connectivity index (χ4v) is 4.88. The molecule has 1 aliphatic carbocycles. The average Bonchev–Trinajstić information content (AvgIpc) is 2.45. The molecule has 0 aromatic carbocycles. The Labute approximate surface area is 130 Å². The molecule has 2 rings (SSSR count). The van der Waals surface area contributed by atoms with Gasteiger partial charge in [-0.05, 0) is 56.5 Å². The van der Waals surface area contributed by atoms with Crippen LogP contribution in [0.15, 0.2) is 0 Å². The summed E-state index contributed by atoms with van der Waals surface area (Å²) in [5, 5.41) is 3.33. The van der Waals surface area contributed by atoms with Crippen molar-refractivity contribution in [2.45, 2.75) is 52.4 Å². The van der Waals surface area contributed by atoms with Crippen LogP contribution < -0.4 is 10.0 Å². The van der Waals surface area contributed by atoms with Gasteiger partial charge in [0.25, 0.3) is 10.2 Å². The summed E-state index contributed by atoms with van der Waals surface area (Å²) in [6, 6.07) is 0. The number of nitrogens with one attached hydrogen (secondary N) is 2. The van der Waals surface area contributed by atoms with E-state index >= 15 is 0 Å². The van der Waals surface area contributed by atoms with E-state index in [1.165, 1.54) is 6.42 Å². The van der Waals surface area contributed by atoms with Gasteiger partial charge in [0.2, 0.25) is 0 Å². The van der Waals surface area contributed by atoms with Crippen LogP contribution in [0.25, 0.3) is 0 Å². The van der Waals surface area contributed by atoms with Crippen molar-refractivity contribution in [2.75, 3.05) is 32.7 Å². The summed E-state index contributed by atoms with van der Waals surface area (Å²) in [4.78, 5) is 0. The summed E-state index contributed by atoms with van der Waals surface area (Å²) in [5.41, 5.74) is 0.228. The lowest BCUT2D eigenvalue weighted by atomic mass is 9.67. The van der Waals surface area contributed by atoms with Crippen molar-refractivity contribution in [3.63, 3.8) is 0 Å². The molecule has 0 amide bonds. The molecule has 1 atom stereocenters. The molecule has 1 unspecified atom stereocenters. The van der Waals surface area contributed by atoms with E-state index in [0.29, 0.717) is 25.6 Å². The van der Waals surface area contributed by atoms with Crippen molar-refractivity contribution >= 4 is 10.2 Å². The summed E-state index contributed by atoms with van der Waals surface area (Å²) < 4.78 is 29.5. The van der Waals surface area contributed by atoms with Gasteiger partial charge in [0.05, 0.1) is 0 Å². The van der Waals surface area contributed by atoms with E-state index in [1.807, 2.05) is 0 Å².